The summed E-state index contributed by atoms with van der Waals surface area (Å²) >= 11 is 6.72. The molecular weight excluding hydrogens is 410 g/mol. The molecule has 1 aliphatic rings. The lowest BCUT2D eigenvalue weighted by atomic mass is 10.1. The average Bonchev–Trinajstić information content (AvgIpc) is 2.96. The molecule has 0 radical (unpaired) electrons. The number of carbonyl (C=O) groups is 2. The first-order valence-electron chi connectivity index (χ1n) is 5.90. The Hall–Kier alpha value is -1.48. The highest BCUT2D eigenvalue weighted by atomic mass is 79.9. The molecule has 1 aromatic carbocycles. The Kier molecular flexibility index (Phi) is 4.07. The molecule has 1 aliphatic carbocycles. The minimum absolute atomic E-state index is 0.107. The van der Waals surface area contributed by atoms with Gasteiger partial charge < -0.3 is 0 Å². The van der Waals surface area contributed by atoms with Crippen molar-refractivity contribution in [2.45, 2.75) is 16.6 Å². The highest BCUT2D eigenvalue weighted by Gasteiger charge is 2.66. The van der Waals surface area contributed by atoms with Crippen molar-refractivity contribution in [3.63, 3.8) is 0 Å². The van der Waals surface area contributed by atoms with E-state index in [-0.39, 0.29) is 17.2 Å². The van der Waals surface area contributed by atoms with Crippen LogP contribution in [-0.4, -0.2) is 20.0 Å². The van der Waals surface area contributed by atoms with Gasteiger partial charge in [0.15, 0.2) is 0 Å². The van der Waals surface area contributed by atoms with Crippen LogP contribution in [0.4, 0.5) is 5.69 Å². The van der Waals surface area contributed by atoms with Gasteiger partial charge in [-0.05, 0) is 25.5 Å². The van der Waals surface area contributed by atoms with Gasteiger partial charge in [-0.25, -0.2) is 0 Å². The van der Waals surface area contributed by atoms with E-state index < -0.39 is 19.5 Å². The first-order valence-corrected chi connectivity index (χ1v) is 7.49. The molecule has 0 spiro atoms. The number of nitrogens with zero attached hydrogens (tertiary/aromatic N) is 1. The number of nitro benzene ring substituents is 1. The van der Waals surface area contributed by atoms with Crippen molar-refractivity contribution >= 4 is 49.4 Å². The monoisotopic (exact) mass is 419 g/mol. The second kappa shape index (κ2) is 5.38. The zero-order valence-electron chi connectivity index (χ0n) is 10.9. The maximum Gasteiger partial charge on any atom is 0.269 e. The van der Waals surface area contributed by atoms with Crippen LogP contribution in [-0.2, 0) is 4.79 Å². The number of hydrazine groups is 1. The number of alkyl halides is 2. The number of hydrogen-bond acceptors (Lipinski definition) is 4. The van der Waals surface area contributed by atoms with Crippen molar-refractivity contribution in [3.05, 3.63) is 39.9 Å². The van der Waals surface area contributed by atoms with Gasteiger partial charge in [-0.2, -0.15) is 0 Å². The molecule has 0 aromatic heterocycles. The normalized spacial score (nSPS) is 22.2. The standard InChI is InChI=1S/C12H11Br2N3O4/c1-11(6-12(11,13)14)10(19)16-15-9(18)7-2-4-8(5-3-7)17(20)21/h2-5H,6H2,1H3,(H,15,18)(H,16,19)/t11-/m1/s1. The van der Waals surface area contributed by atoms with E-state index in [1.165, 1.54) is 24.3 Å². The fraction of sp³-hybridized carbons (Fsp3) is 0.333. The summed E-state index contributed by atoms with van der Waals surface area (Å²) in [5.41, 5.74) is 4.09. The Morgan fingerprint density at radius 2 is 1.76 bits per heavy atom. The molecular formula is C12H11Br2N3O4. The van der Waals surface area contributed by atoms with Crippen LogP contribution in [0, 0.1) is 15.5 Å². The molecule has 1 atom stereocenters. The van der Waals surface area contributed by atoms with Crippen molar-refractivity contribution in [1.29, 1.82) is 0 Å². The predicted molar refractivity (Wildman–Crippen MR) is 82.0 cm³/mol. The zero-order valence-corrected chi connectivity index (χ0v) is 14.0. The van der Waals surface area contributed by atoms with Crippen LogP contribution in [0.3, 0.4) is 0 Å². The Morgan fingerprint density at radius 1 is 1.24 bits per heavy atom. The van der Waals surface area contributed by atoms with Crippen LogP contribution < -0.4 is 10.9 Å². The van der Waals surface area contributed by atoms with Crippen molar-refractivity contribution in [3.8, 4) is 0 Å². The molecule has 0 bridgehead atoms. The number of hydrogen-bond donors (Lipinski definition) is 2. The molecule has 1 aromatic rings. The molecule has 0 aliphatic heterocycles. The SMILES string of the molecule is C[C@]1(C(=O)NNC(=O)c2ccc([N+](=O)[O-])cc2)CC1(Br)Br. The lowest BCUT2D eigenvalue weighted by molar-refractivity contribution is -0.384. The smallest absolute Gasteiger partial charge is 0.269 e. The Bertz CT molecular complexity index is 617. The largest absolute Gasteiger partial charge is 0.273 e. The summed E-state index contributed by atoms with van der Waals surface area (Å²) in [6.07, 6.45) is 0.596. The summed E-state index contributed by atoms with van der Waals surface area (Å²) in [4.78, 5) is 33.7. The van der Waals surface area contributed by atoms with Crippen molar-refractivity contribution in [2.75, 3.05) is 0 Å². The van der Waals surface area contributed by atoms with Gasteiger partial charge in [0.2, 0.25) is 5.91 Å². The molecule has 0 saturated heterocycles. The highest BCUT2D eigenvalue weighted by Crippen LogP contribution is 2.66. The van der Waals surface area contributed by atoms with Crippen LogP contribution >= 0.6 is 31.9 Å². The number of nitro groups is 1. The molecule has 9 heteroatoms. The zero-order chi connectivity index (χ0) is 15.8. The number of amides is 2. The van der Waals surface area contributed by atoms with Crippen LogP contribution in [0.5, 0.6) is 0 Å². The van der Waals surface area contributed by atoms with Gasteiger partial charge in [0.05, 0.1) is 13.6 Å². The molecule has 7 nitrogen and oxygen atoms in total. The van der Waals surface area contributed by atoms with E-state index >= 15 is 0 Å². The van der Waals surface area contributed by atoms with E-state index in [4.69, 9.17) is 0 Å². The molecule has 0 heterocycles. The predicted octanol–water partition coefficient (Wildman–Crippen LogP) is 2.25. The van der Waals surface area contributed by atoms with E-state index in [0.29, 0.717) is 6.42 Å². The third-order valence-corrected chi connectivity index (χ3v) is 5.70. The summed E-state index contributed by atoms with van der Waals surface area (Å²) < 4.78 is -0.449. The van der Waals surface area contributed by atoms with Gasteiger partial charge in [0.25, 0.3) is 11.6 Å². The fourth-order valence-corrected chi connectivity index (χ4v) is 3.19. The third kappa shape index (κ3) is 3.08. The van der Waals surface area contributed by atoms with Gasteiger partial charge in [-0.15, -0.1) is 0 Å². The maximum atomic E-state index is 11.9. The average molecular weight is 421 g/mol. The quantitative estimate of drug-likeness (QED) is 0.444. The minimum Gasteiger partial charge on any atom is -0.273 e. The topological polar surface area (TPSA) is 101 Å². The first-order chi connectivity index (χ1) is 9.67. The lowest BCUT2D eigenvalue weighted by Crippen LogP contribution is -2.45. The minimum atomic E-state index is -0.643. The van der Waals surface area contributed by atoms with Crippen molar-refractivity contribution < 1.29 is 14.5 Å². The molecule has 2 rings (SSSR count). The second-order valence-electron chi connectivity index (χ2n) is 4.93. The molecule has 112 valence electrons. The van der Waals surface area contributed by atoms with Gasteiger partial charge in [0.1, 0.15) is 0 Å². The number of rotatable bonds is 3. The molecule has 21 heavy (non-hydrogen) atoms. The van der Waals surface area contributed by atoms with Gasteiger partial charge >= 0.3 is 0 Å². The van der Waals surface area contributed by atoms with E-state index in [0.717, 1.165) is 0 Å². The van der Waals surface area contributed by atoms with Crippen LogP contribution in [0.25, 0.3) is 0 Å². The number of halogens is 2. The maximum absolute atomic E-state index is 11.9. The first kappa shape index (κ1) is 15.9. The number of benzene rings is 1. The van der Waals surface area contributed by atoms with Crippen molar-refractivity contribution in [1.82, 2.24) is 10.9 Å². The van der Waals surface area contributed by atoms with Crippen LogP contribution in [0.2, 0.25) is 0 Å². The lowest BCUT2D eigenvalue weighted by Gasteiger charge is -2.13. The van der Waals surface area contributed by atoms with Crippen molar-refractivity contribution in [2.24, 2.45) is 5.41 Å². The molecule has 2 N–H and O–H groups in total. The third-order valence-electron chi connectivity index (χ3n) is 3.39. The second-order valence-corrected chi connectivity index (χ2v) is 8.70. The molecule has 1 saturated carbocycles. The fourth-order valence-electron chi connectivity index (χ4n) is 1.70. The molecule has 1 fully saturated rings. The summed E-state index contributed by atoms with van der Waals surface area (Å²) in [6.45, 7) is 1.75. The van der Waals surface area contributed by atoms with E-state index in [1.54, 1.807) is 6.92 Å². The highest BCUT2D eigenvalue weighted by molar-refractivity contribution is 9.25. The molecule has 2 amide bonds. The summed E-state index contributed by atoms with van der Waals surface area (Å²) in [5.74, 6) is -0.872. The summed E-state index contributed by atoms with van der Waals surface area (Å²) in [6, 6.07) is 5.08. The van der Waals surface area contributed by atoms with Gasteiger partial charge in [-0.3, -0.25) is 30.6 Å². The Balaban J connectivity index is 1.93. The van der Waals surface area contributed by atoms with Gasteiger partial charge in [-0.1, -0.05) is 31.9 Å². The molecule has 0 unspecified atom stereocenters. The number of non-ortho nitro benzene ring substituents is 1. The number of nitrogens with one attached hydrogen (secondary N) is 2. The summed E-state index contributed by atoms with van der Waals surface area (Å²) in [5, 5.41) is 10.5. The van der Waals surface area contributed by atoms with E-state index in [2.05, 4.69) is 42.7 Å². The van der Waals surface area contributed by atoms with Crippen LogP contribution in [0.1, 0.15) is 23.7 Å². The Morgan fingerprint density at radius 3 is 2.19 bits per heavy atom. The Labute approximate surface area is 136 Å². The van der Waals surface area contributed by atoms with Crippen LogP contribution in [0.15, 0.2) is 24.3 Å². The van der Waals surface area contributed by atoms with Gasteiger partial charge in [0, 0.05) is 17.7 Å². The van der Waals surface area contributed by atoms with E-state index in [9.17, 15) is 19.7 Å². The van der Waals surface area contributed by atoms with E-state index in [1.807, 2.05) is 0 Å². The summed E-state index contributed by atoms with van der Waals surface area (Å²) in [7, 11) is 0. The number of carbonyl (C=O) groups excluding carboxylic acids is 2.